The van der Waals surface area contributed by atoms with Gasteiger partial charge in [-0.25, -0.2) is 14.4 Å². The van der Waals surface area contributed by atoms with Crippen molar-refractivity contribution in [2.24, 2.45) is 0 Å². The standard InChI is InChI=1S/C41H56N6O10/c1-27-23-30(24-28(2)37(27)49)25-35(57-40(52)46-16-12-33(13-17-46)47-18-9-31-7-5-6-8-34(31)42-39(47)51)38(50)45-21-19-44(20-22-45)32-10-14-43(15-11-32)26-36(48)55-29(3)56-41(53)54-4/h5-8,23-24,29,32-33,35,49H,9-22,25-26H2,1-4H3,(H,42,51)/t29?,35-/m1/s1. The van der Waals surface area contributed by atoms with Crippen molar-refractivity contribution in [3.05, 3.63) is 58.7 Å². The van der Waals surface area contributed by atoms with Crippen LogP contribution in [0.5, 0.6) is 5.75 Å². The van der Waals surface area contributed by atoms with Gasteiger partial charge in [-0.2, -0.15) is 0 Å². The smallest absolute Gasteiger partial charge is 0.507 e. The van der Waals surface area contributed by atoms with E-state index in [1.165, 1.54) is 14.0 Å². The van der Waals surface area contributed by atoms with Gasteiger partial charge >= 0.3 is 24.2 Å². The number of piperazine rings is 1. The van der Waals surface area contributed by atoms with Crippen molar-refractivity contribution in [2.75, 3.05) is 77.9 Å². The second kappa shape index (κ2) is 18.9. The lowest BCUT2D eigenvalue weighted by Crippen LogP contribution is -2.57. The molecule has 0 aromatic heterocycles. The Bertz CT molecular complexity index is 1740. The summed E-state index contributed by atoms with van der Waals surface area (Å²) in [6.45, 7) is 10.3. The molecule has 2 aromatic rings. The first-order chi connectivity index (χ1) is 27.4. The SMILES string of the molecule is COC(=O)OC(C)OC(=O)CN1CCC(N2CCN(C(=O)[C@@H](Cc3cc(C)c(O)c(C)c3)OC(=O)N3CCC(N4CCc5ccccc5NC4=O)CC3)CC2)CC1. The number of fused-ring (bicyclic) bond motifs is 1. The molecule has 1 unspecified atom stereocenters. The van der Waals surface area contributed by atoms with Crippen LogP contribution in [0.4, 0.5) is 20.1 Å². The van der Waals surface area contributed by atoms with Crippen LogP contribution < -0.4 is 5.32 Å². The number of benzene rings is 2. The minimum Gasteiger partial charge on any atom is -0.507 e. The predicted molar refractivity (Wildman–Crippen MR) is 209 cm³/mol. The van der Waals surface area contributed by atoms with Gasteiger partial charge in [0, 0.05) is 90.0 Å². The van der Waals surface area contributed by atoms with Crippen LogP contribution >= 0.6 is 0 Å². The van der Waals surface area contributed by atoms with E-state index in [9.17, 15) is 29.1 Å². The lowest BCUT2D eigenvalue weighted by atomic mass is 10.00. The molecule has 16 nitrogen and oxygen atoms in total. The average Bonchev–Trinajstić information content (AvgIpc) is 3.37. The second-order valence-corrected chi connectivity index (χ2v) is 15.4. The van der Waals surface area contributed by atoms with Crippen LogP contribution in [0.3, 0.4) is 0 Å². The van der Waals surface area contributed by atoms with Gasteiger partial charge in [0.15, 0.2) is 6.10 Å². The zero-order valence-electron chi connectivity index (χ0n) is 33.4. The van der Waals surface area contributed by atoms with E-state index in [0.717, 1.165) is 36.1 Å². The number of methoxy groups -OCH3 is 1. The number of piperidine rings is 2. The fourth-order valence-electron chi connectivity index (χ4n) is 8.42. The summed E-state index contributed by atoms with van der Waals surface area (Å²) in [5, 5.41) is 13.4. The zero-order chi connectivity index (χ0) is 40.6. The molecular weight excluding hydrogens is 736 g/mol. The molecule has 4 heterocycles. The minimum atomic E-state index is -1.05. The molecule has 3 fully saturated rings. The Labute approximate surface area is 333 Å². The number of phenols is 1. The van der Waals surface area contributed by atoms with Crippen LogP contribution in [0.1, 0.15) is 54.9 Å². The largest absolute Gasteiger partial charge is 0.511 e. The molecule has 2 aromatic carbocycles. The van der Waals surface area contributed by atoms with E-state index in [4.69, 9.17) is 14.2 Å². The minimum absolute atomic E-state index is 0.0213. The predicted octanol–water partition coefficient (Wildman–Crippen LogP) is 3.89. The molecule has 3 saturated heterocycles. The van der Waals surface area contributed by atoms with Gasteiger partial charge in [0.1, 0.15) is 5.75 Å². The molecule has 16 heteroatoms. The van der Waals surface area contributed by atoms with Crippen molar-refractivity contribution >= 4 is 35.8 Å². The Morgan fingerprint density at radius 3 is 2.14 bits per heavy atom. The van der Waals surface area contributed by atoms with Crippen LogP contribution in [0.25, 0.3) is 0 Å². The highest BCUT2D eigenvalue weighted by molar-refractivity contribution is 5.91. The van der Waals surface area contributed by atoms with Crippen molar-refractivity contribution in [1.29, 1.82) is 0 Å². The van der Waals surface area contributed by atoms with Gasteiger partial charge in [0.25, 0.3) is 5.91 Å². The molecule has 0 radical (unpaired) electrons. The highest BCUT2D eigenvalue weighted by Crippen LogP contribution is 2.27. The number of urea groups is 1. The molecule has 310 valence electrons. The fraction of sp³-hybridized carbons (Fsp3) is 0.585. The number of hydrogen-bond acceptors (Lipinski definition) is 12. The molecule has 57 heavy (non-hydrogen) atoms. The van der Waals surface area contributed by atoms with E-state index in [2.05, 4.69) is 15.0 Å². The van der Waals surface area contributed by atoms with Crippen LogP contribution in [0.2, 0.25) is 0 Å². The number of likely N-dealkylation sites (tertiary alicyclic amines) is 2. The summed E-state index contributed by atoms with van der Waals surface area (Å²) in [6, 6.07) is 11.6. The number of aromatic hydroxyl groups is 1. The van der Waals surface area contributed by atoms with E-state index in [1.54, 1.807) is 23.6 Å². The lowest BCUT2D eigenvalue weighted by molar-refractivity contribution is -0.169. The monoisotopic (exact) mass is 792 g/mol. The third kappa shape index (κ3) is 10.7. The third-order valence-corrected chi connectivity index (χ3v) is 11.6. The maximum absolute atomic E-state index is 14.2. The van der Waals surface area contributed by atoms with Gasteiger partial charge < -0.3 is 44.1 Å². The molecule has 4 aliphatic heterocycles. The van der Waals surface area contributed by atoms with Crippen molar-refractivity contribution in [2.45, 2.75) is 83.8 Å². The number of ether oxygens (including phenoxy) is 4. The van der Waals surface area contributed by atoms with Crippen LogP contribution in [0.15, 0.2) is 36.4 Å². The second-order valence-electron chi connectivity index (χ2n) is 15.4. The molecule has 2 atom stereocenters. The number of anilines is 1. The number of aryl methyl sites for hydroxylation is 2. The van der Waals surface area contributed by atoms with E-state index < -0.39 is 30.6 Å². The number of phenolic OH excluding ortho intramolecular Hbond substituents is 1. The Hall–Kier alpha value is -5.09. The van der Waals surface area contributed by atoms with E-state index in [0.29, 0.717) is 88.9 Å². The maximum atomic E-state index is 14.2. The summed E-state index contributed by atoms with van der Waals surface area (Å²) in [6.07, 6.45) is 0.258. The number of carbonyl (C=O) groups is 5. The van der Waals surface area contributed by atoms with Crippen molar-refractivity contribution in [3.8, 4) is 5.75 Å². The summed E-state index contributed by atoms with van der Waals surface area (Å²) >= 11 is 0. The molecular formula is C41H56N6O10. The van der Waals surface area contributed by atoms with Crippen LogP contribution in [-0.4, -0.2) is 157 Å². The first-order valence-corrected chi connectivity index (χ1v) is 20.0. The fourth-order valence-corrected chi connectivity index (χ4v) is 8.42. The van der Waals surface area contributed by atoms with Crippen molar-refractivity contribution < 1.29 is 48.0 Å². The maximum Gasteiger partial charge on any atom is 0.511 e. The zero-order valence-corrected chi connectivity index (χ0v) is 33.4. The number of nitrogens with one attached hydrogen (secondary N) is 1. The molecule has 0 saturated carbocycles. The van der Waals surface area contributed by atoms with Gasteiger partial charge in [-0.15, -0.1) is 0 Å². The molecule has 6 rings (SSSR count). The van der Waals surface area contributed by atoms with Crippen molar-refractivity contribution in [1.82, 2.24) is 24.5 Å². The quantitative estimate of drug-likeness (QED) is 0.203. The van der Waals surface area contributed by atoms with Crippen molar-refractivity contribution in [3.63, 3.8) is 0 Å². The number of hydrogen-bond donors (Lipinski definition) is 2. The molecule has 2 N–H and O–H groups in total. The Kier molecular flexibility index (Phi) is 13.8. The topological polar surface area (TPSA) is 171 Å². The van der Waals surface area contributed by atoms with Gasteiger partial charge in [0.05, 0.1) is 13.7 Å². The van der Waals surface area contributed by atoms with Crippen LogP contribution in [-0.2, 0) is 41.4 Å². The van der Waals surface area contributed by atoms with Gasteiger partial charge in [-0.05, 0) is 74.3 Å². The van der Waals surface area contributed by atoms with E-state index in [1.807, 2.05) is 46.2 Å². The Morgan fingerprint density at radius 1 is 0.825 bits per heavy atom. The number of para-hydroxylation sites is 1. The number of esters is 1. The van der Waals surface area contributed by atoms with E-state index >= 15 is 0 Å². The summed E-state index contributed by atoms with van der Waals surface area (Å²) in [5.41, 5.74) is 4.10. The van der Waals surface area contributed by atoms with Gasteiger partial charge in [-0.1, -0.05) is 30.3 Å². The summed E-state index contributed by atoms with van der Waals surface area (Å²) < 4.78 is 20.5. The number of rotatable bonds is 10. The summed E-state index contributed by atoms with van der Waals surface area (Å²) in [7, 11) is 1.18. The first kappa shape index (κ1) is 41.5. The Morgan fingerprint density at radius 2 is 1.47 bits per heavy atom. The third-order valence-electron chi connectivity index (χ3n) is 11.6. The number of amides is 4. The highest BCUT2D eigenvalue weighted by atomic mass is 16.8. The Balaban J connectivity index is 1.01. The molecule has 4 amide bonds. The average molecular weight is 793 g/mol. The molecule has 0 aliphatic carbocycles. The summed E-state index contributed by atoms with van der Waals surface area (Å²) in [4.78, 5) is 74.4. The number of nitrogens with zero attached hydrogens (tertiary/aromatic N) is 5. The molecule has 0 spiro atoms. The first-order valence-electron chi connectivity index (χ1n) is 20.0. The highest BCUT2D eigenvalue weighted by Gasteiger charge is 2.37. The summed E-state index contributed by atoms with van der Waals surface area (Å²) in [5.74, 6) is -0.533. The normalized spacial score (nSPS) is 19.8. The molecule has 0 bridgehead atoms. The molecule has 4 aliphatic rings. The lowest BCUT2D eigenvalue weighted by Gasteiger charge is -2.43. The van der Waals surface area contributed by atoms with Crippen LogP contribution in [0, 0.1) is 13.8 Å². The van der Waals surface area contributed by atoms with E-state index in [-0.39, 0.29) is 36.7 Å². The van der Waals surface area contributed by atoms with Gasteiger partial charge in [-0.3, -0.25) is 19.4 Å². The number of carbonyl (C=O) groups excluding carboxylic acids is 5. The van der Waals surface area contributed by atoms with Gasteiger partial charge in [0.2, 0.25) is 6.29 Å².